The Morgan fingerprint density at radius 2 is 2.21 bits per heavy atom. The molecule has 14 heavy (non-hydrogen) atoms. The van der Waals surface area contributed by atoms with Crippen molar-refractivity contribution in [3.8, 4) is 0 Å². The van der Waals surface area contributed by atoms with Gasteiger partial charge < -0.3 is 10.1 Å². The lowest BCUT2D eigenvalue weighted by molar-refractivity contribution is -0.742. The van der Waals surface area contributed by atoms with E-state index in [1.165, 1.54) is 38.8 Å². The van der Waals surface area contributed by atoms with Gasteiger partial charge in [0, 0.05) is 6.04 Å². The van der Waals surface area contributed by atoms with Crippen molar-refractivity contribution in [2.75, 3.05) is 13.1 Å². The number of rotatable bonds is 3. The smallest absolute Gasteiger partial charge is 0.291 e. The van der Waals surface area contributed by atoms with Crippen LogP contribution in [-0.4, -0.2) is 34.3 Å². The molecule has 1 aliphatic heterocycles. The molecule has 0 aromatic carbocycles. The minimum Gasteiger partial charge on any atom is -0.328 e. The molecule has 1 saturated heterocycles. The van der Waals surface area contributed by atoms with Crippen LogP contribution in [-0.2, 0) is 0 Å². The first kappa shape index (κ1) is 13.2. The molecule has 1 unspecified atom stereocenters. The lowest BCUT2D eigenvalue weighted by Crippen LogP contribution is -2.27. The second kappa shape index (κ2) is 7.55. The van der Waals surface area contributed by atoms with E-state index in [2.05, 4.69) is 18.7 Å². The fourth-order valence-corrected chi connectivity index (χ4v) is 1.69. The van der Waals surface area contributed by atoms with Crippen LogP contribution in [0.5, 0.6) is 0 Å². The molecule has 1 aliphatic rings. The maximum atomic E-state index is 8.36. The van der Waals surface area contributed by atoms with E-state index in [0.29, 0.717) is 0 Å². The van der Waals surface area contributed by atoms with Crippen LogP contribution in [0.4, 0.5) is 0 Å². The summed E-state index contributed by atoms with van der Waals surface area (Å²) in [6.45, 7) is 7.29. The molecule has 1 atom stereocenters. The van der Waals surface area contributed by atoms with Crippen molar-refractivity contribution in [2.45, 2.75) is 45.6 Å². The molecule has 84 valence electrons. The SMILES string of the molecule is CCCCN1CCCC1C.O=[N+]([O-])O. The number of unbranched alkanes of at least 4 members (excludes halogenated alkanes) is 1. The number of hydrogen-bond donors (Lipinski definition) is 1. The Hall–Kier alpha value is -0.840. The fraction of sp³-hybridized carbons (Fsp3) is 1.00. The summed E-state index contributed by atoms with van der Waals surface area (Å²) in [5.74, 6) is 0. The molecular weight excluding hydrogens is 184 g/mol. The van der Waals surface area contributed by atoms with Crippen molar-refractivity contribution in [3.05, 3.63) is 10.1 Å². The van der Waals surface area contributed by atoms with E-state index in [9.17, 15) is 0 Å². The van der Waals surface area contributed by atoms with Gasteiger partial charge in [-0.1, -0.05) is 13.3 Å². The summed E-state index contributed by atoms with van der Waals surface area (Å²) in [7, 11) is 0. The molecule has 5 nitrogen and oxygen atoms in total. The molecule has 5 heteroatoms. The lowest BCUT2D eigenvalue weighted by atomic mass is 10.2. The van der Waals surface area contributed by atoms with Crippen LogP contribution in [0.1, 0.15) is 39.5 Å². The molecule has 0 spiro atoms. The van der Waals surface area contributed by atoms with Crippen LogP contribution < -0.4 is 0 Å². The first-order valence-electron chi connectivity index (χ1n) is 5.15. The number of likely N-dealkylation sites (tertiary alicyclic amines) is 1. The van der Waals surface area contributed by atoms with Gasteiger partial charge in [0.25, 0.3) is 5.09 Å². The van der Waals surface area contributed by atoms with Crippen molar-refractivity contribution >= 4 is 0 Å². The number of nitrogens with zero attached hydrogens (tertiary/aromatic N) is 2. The first-order valence-corrected chi connectivity index (χ1v) is 5.15. The summed E-state index contributed by atoms with van der Waals surface area (Å²) in [5.41, 5.74) is 0. The van der Waals surface area contributed by atoms with E-state index in [1.54, 1.807) is 0 Å². The summed E-state index contributed by atoms with van der Waals surface area (Å²) in [5, 5.41) is 13.6. The topological polar surface area (TPSA) is 66.6 Å². The van der Waals surface area contributed by atoms with Gasteiger partial charge in [-0.15, -0.1) is 10.1 Å². The predicted octanol–water partition coefficient (Wildman–Crippen LogP) is 1.92. The summed E-state index contributed by atoms with van der Waals surface area (Å²) < 4.78 is 0. The van der Waals surface area contributed by atoms with Crippen molar-refractivity contribution in [3.63, 3.8) is 0 Å². The van der Waals surface area contributed by atoms with Crippen LogP contribution in [0, 0.1) is 10.1 Å². The van der Waals surface area contributed by atoms with E-state index in [-0.39, 0.29) is 0 Å². The second-order valence-electron chi connectivity index (χ2n) is 3.62. The molecule has 0 aromatic heterocycles. The quantitative estimate of drug-likeness (QED) is 0.563. The molecular formula is C9H20N2O3. The summed E-state index contributed by atoms with van der Waals surface area (Å²) in [4.78, 5) is 11.0. The largest absolute Gasteiger partial charge is 0.328 e. The first-order chi connectivity index (χ1) is 6.57. The minimum absolute atomic E-state index is 0.867. The Balaban J connectivity index is 0.000000364. The molecule has 0 amide bonds. The third-order valence-electron chi connectivity index (χ3n) is 2.49. The highest BCUT2D eigenvalue weighted by Crippen LogP contribution is 2.16. The van der Waals surface area contributed by atoms with E-state index < -0.39 is 5.09 Å². The van der Waals surface area contributed by atoms with E-state index in [0.717, 1.165) is 6.04 Å². The average Bonchev–Trinajstić information content (AvgIpc) is 2.47. The standard InChI is InChI=1S/C9H19N.HNO3/c1-3-4-7-10-8-5-6-9(10)2;2-1(3)4/h9H,3-8H2,1-2H3;(H,2,3,4). The lowest BCUT2D eigenvalue weighted by Gasteiger charge is -2.19. The highest BCUT2D eigenvalue weighted by atomic mass is 16.9. The van der Waals surface area contributed by atoms with Crippen molar-refractivity contribution < 1.29 is 10.3 Å². The van der Waals surface area contributed by atoms with Gasteiger partial charge in [-0.25, -0.2) is 0 Å². The number of hydrogen-bond acceptors (Lipinski definition) is 3. The molecule has 1 N–H and O–H groups in total. The summed E-state index contributed by atoms with van der Waals surface area (Å²) >= 11 is 0. The summed E-state index contributed by atoms with van der Waals surface area (Å²) in [6.07, 6.45) is 5.56. The molecule has 0 aromatic rings. The van der Waals surface area contributed by atoms with Gasteiger partial charge in [0.1, 0.15) is 0 Å². The van der Waals surface area contributed by atoms with Crippen molar-refractivity contribution in [2.24, 2.45) is 0 Å². The van der Waals surface area contributed by atoms with Gasteiger partial charge in [-0.3, -0.25) is 0 Å². The zero-order valence-electron chi connectivity index (χ0n) is 8.98. The van der Waals surface area contributed by atoms with Crippen molar-refractivity contribution in [1.29, 1.82) is 0 Å². The Kier molecular flexibility index (Phi) is 7.10. The van der Waals surface area contributed by atoms with Gasteiger partial charge in [0.15, 0.2) is 0 Å². The Morgan fingerprint density at radius 3 is 2.57 bits per heavy atom. The van der Waals surface area contributed by atoms with E-state index in [1.807, 2.05) is 0 Å². The Bertz CT molecular complexity index is 160. The molecule has 0 aliphatic carbocycles. The van der Waals surface area contributed by atoms with Crippen LogP contribution in [0.2, 0.25) is 0 Å². The average molecular weight is 204 g/mol. The summed E-state index contributed by atoms with van der Waals surface area (Å²) in [6, 6.07) is 0.867. The van der Waals surface area contributed by atoms with Crippen LogP contribution >= 0.6 is 0 Å². The van der Waals surface area contributed by atoms with E-state index >= 15 is 0 Å². The van der Waals surface area contributed by atoms with Crippen LogP contribution in [0.25, 0.3) is 0 Å². The normalized spacial score (nSPS) is 21.4. The van der Waals surface area contributed by atoms with Gasteiger partial charge >= 0.3 is 0 Å². The molecule has 0 saturated carbocycles. The molecule has 1 heterocycles. The van der Waals surface area contributed by atoms with Gasteiger partial charge in [-0.05, 0) is 39.3 Å². The van der Waals surface area contributed by atoms with Gasteiger partial charge in [-0.2, -0.15) is 0 Å². The molecule has 0 bridgehead atoms. The Morgan fingerprint density at radius 1 is 1.64 bits per heavy atom. The Labute approximate surface area is 84.8 Å². The zero-order chi connectivity index (χ0) is 11.0. The molecule has 0 radical (unpaired) electrons. The van der Waals surface area contributed by atoms with Gasteiger partial charge in [0.05, 0.1) is 0 Å². The highest BCUT2D eigenvalue weighted by Gasteiger charge is 2.18. The van der Waals surface area contributed by atoms with Crippen LogP contribution in [0.15, 0.2) is 0 Å². The fourth-order valence-electron chi connectivity index (χ4n) is 1.69. The predicted molar refractivity (Wildman–Crippen MR) is 54.0 cm³/mol. The molecule has 1 fully saturated rings. The highest BCUT2D eigenvalue weighted by molar-refractivity contribution is 4.74. The van der Waals surface area contributed by atoms with Crippen molar-refractivity contribution in [1.82, 2.24) is 4.90 Å². The van der Waals surface area contributed by atoms with Crippen LogP contribution in [0.3, 0.4) is 0 Å². The third-order valence-corrected chi connectivity index (χ3v) is 2.49. The van der Waals surface area contributed by atoms with Gasteiger partial charge in [0.2, 0.25) is 0 Å². The monoisotopic (exact) mass is 204 g/mol. The zero-order valence-corrected chi connectivity index (χ0v) is 8.98. The second-order valence-corrected chi connectivity index (χ2v) is 3.62. The molecule has 1 rings (SSSR count). The minimum atomic E-state index is -1.50. The third kappa shape index (κ3) is 6.65. The van der Waals surface area contributed by atoms with E-state index in [4.69, 9.17) is 15.3 Å². The maximum absolute atomic E-state index is 8.36. The maximum Gasteiger partial charge on any atom is 0.291 e.